The molecule has 64 valence electrons. The molecule has 1 fully saturated rings. The Balaban J connectivity index is 2.45. The van der Waals surface area contributed by atoms with Crippen LogP contribution in [0.1, 0.15) is 26.2 Å². The van der Waals surface area contributed by atoms with Gasteiger partial charge in [-0.25, -0.2) is 0 Å². The van der Waals surface area contributed by atoms with Crippen LogP contribution in [-0.2, 0) is 4.79 Å². The molecule has 12 heavy (non-hydrogen) atoms. The predicted octanol–water partition coefficient (Wildman–Crippen LogP) is 2.03. The molecule has 0 aliphatic heterocycles. The molecule has 0 aromatic rings. The first-order chi connectivity index (χ1) is 5.74. The van der Waals surface area contributed by atoms with Crippen molar-refractivity contribution in [3.63, 3.8) is 0 Å². The first kappa shape index (κ1) is 7.65. The van der Waals surface area contributed by atoms with Gasteiger partial charge in [0.25, 0.3) is 0 Å². The fraction of sp³-hybridized carbons (Fsp3) is 0.667. The second kappa shape index (κ2) is 2.51. The lowest BCUT2D eigenvalue weighted by Gasteiger charge is -2.18. The lowest BCUT2D eigenvalue weighted by Crippen LogP contribution is -2.19. The van der Waals surface area contributed by atoms with Gasteiger partial charge in [-0.05, 0) is 31.4 Å². The molecule has 0 aromatic heterocycles. The third-order valence-electron chi connectivity index (χ3n) is 3.04. The van der Waals surface area contributed by atoms with Crippen LogP contribution in [0, 0.1) is 16.7 Å². The SMILES string of the molecule is CC1=C(N=O)C2CCC(C2)C1=O. The summed E-state index contributed by atoms with van der Waals surface area (Å²) in [6, 6.07) is 0. The van der Waals surface area contributed by atoms with Crippen LogP contribution < -0.4 is 0 Å². The van der Waals surface area contributed by atoms with Gasteiger partial charge in [-0.1, -0.05) is 0 Å². The molecule has 2 bridgehead atoms. The number of fused-ring (bicyclic) bond motifs is 2. The van der Waals surface area contributed by atoms with Gasteiger partial charge in [0.1, 0.15) is 0 Å². The average Bonchev–Trinajstić information content (AvgIpc) is 2.49. The number of nitroso groups, excluding NO2 is 1. The lowest BCUT2D eigenvalue weighted by molar-refractivity contribution is -0.119. The molecule has 0 N–H and O–H groups in total. The molecule has 0 amide bonds. The summed E-state index contributed by atoms with van der Waals surface area (Å²) in [4.78, 5) is 21.9. The molecule has 2 atom stereocenters. The third kappa shape index (κ3) is 0.854. The topological polar surface area (TPSA) is 46.5 Å². The van der Waals surface area contributed by atoms with Gasteiger partial charge in [0, 0.05) is 17.4 Å². The Morgan fingerprint density at radius 2 is 2.00 bits per heavy atom. The first-order valence-corrected chi connectivity index (χ1v) is 4.32. The highest BCUT2D eigenvalue weighted by atomic mass is 16.3. The van der Waals surface area contributed by atoms with Gasteiger partial charge in [-0.15, -0.1) is 4.91 Å². The number of rotatable bonds is 1. The maximum Gasteiger partial charge on any atom is 0.163 e. The molecule has 3 nitrogen and oxygen atoms in total. The molecule has 2 aliphatic carbocycles. The number of hydrogen-bond acceptors (Lipinski definition) is 3. The van der Waals surface area contributed by atoms with E-state index in [9.17, 15) is 9.70 Å². The zero-order valence-electron chi connectivity index (χ0n) is 7.04. The number of Topliss-reactive ketones (excluding diaryl/α,β-unsaturated/α-hetero) is 1. The van der Waals surface area contributed by atoms with Crippen molar-refractivity contribution in [3.8, 4) is 0 Å². The van der Waals surface area contributed by atoms with Gasteiger partial charge in [0.2, 0.25) is 0 Å². The number of allylic oxidation sites excluding steroid dienone is 2. The van der Waals surface area contributed by atoms with Gasteiger partial charge in [-0.2, -0.15) is 0 Å². The summed E-state index contributed by atoms with van der Waals surface area (Å²) >= 11 is 0. The number of carbonyl (C=O) groups excluding carboxylic acids is 1. The van der Waals surface area contributed by atoms with Gasteiger partial charge in [0.05, 0.1) is 5.70 Å². The van der Waals surface area contributed by atoms with Crippen molar-refractivity contribution in [1.29, 1.82) is 0 Å². The van der Waals surface area contributed by atoms with Gasteiger partial charge < -0.3 is 0 Å². The second-order valence-corrected chi connectivity index (χ2v) is 3.67. The van der Waals surface area contributed by atoms with E-state index in [2.05, 4.69) is 5.18 Å². The van der Waals surface area contributed by atoms with Gasteiger partial charge in [0.15, 0.2) is 5.78 Å². The molecule has 0 spiro atoms. The summed E-state index contributed by atoms with van der Waals surface area (Å²) in [6.07, 6.45) is 2.77. The Kier molecular flexibility index (Phi) is 1.60. The predicted molar refractivity (Wildman–Crippen MR) is 44.3 cm³/mol. The van der Waals surface area contributed by atoms with Crippen molar-refractivity contribution in [2.45, 2.75) is 26.2 Å². The van der Waals surface area contributed by atoms with Crippen LogP contribution in [0.3, 0.4) is 0 Å². The van der Waals surface area contributed by atoms with Crippen molar-refractivity contribution >= 4 is 5.78 Å². The standard InChI is InChI=1S/C9H11NO2/c1-5-8(10-12)6-2-3-7(4-6)9(5)11/h6-7H,2-4H2,1H3. The third-order valence-corrected chi connectivity index (χ3v) is 3.04. The van der Waals surface area contributed by atoms with Crippen LogP contribution in [0.5, 0.6) is 0 Å². The lowest BCUT2D eigenvalue weighted by atomic mass is 9.86. The number of ketones is 1. The molecular weight excluding hydrogens is 154 g/mol. The minimum Gasteiger partial charge on any atom is -0.294 e. The van der Waals surface area contributed by atoms with Crippen molar-refractivity contribution in [1.82, 2.24) is 0 Å². The molecule has 0 saturated heterocycles. The molecule has 0 heterocycles. The molecule has 1 saturated carbocycles. The minimum absolute atomic E-state index is 0.151. The van der Waals surface area contributed by atoms with E-state index < -0.39 is 0 Å². The molecule has 2 rings (SSSR count). The van der Waals surface area contributed by atoms with Crippen molar-refractivity contribution in [3.05, 3.63) is 16.2 Å². The number of carbonyl (C=O) groups is 1. The van der Waals surface area contributed by atoms with E-state index in [0.29, 0.717) is 11.3 Å². The minimum atomic E-state index is 0.151. The molecule has 0 radical (unpaired) electrons. The Morgan fingerprint density at radius 3 is 2.67 bits per heavy atom. The summed E-state index contributed by atoms with van der Waals surface area (Å²) in [5.74, 6) is 0.629. The van der Waals surface area contributed by atoms with E-state index in [1.165, 1.54) is 0 Å². The highest BCUT2D eigenvalue weighted by Gasteiger charge is 2.39. The largest absolute Gasteiger partial charge is 0.294 e. The molecule has 2 unspecified atom stereocenters. The van der Waals surface area contributed by atoms with Crippen LogP contribution in [-0.4, -0.2) is 5.78 Å². The smallest absolute Gasteiger partial charge is 0.163 e. The van der Waals surface area contributed by atoms with Crippen LogP contribution in [0.25, 0.3) is 0 Å². The molecule has 0 aromatic carbocycles. The van der Waals surface area contributed by atoms with E-state index in [1.54, 1.807) is 6.92 Å². The van der Waals surface area contributed by atoms with Crippen LogP contribution in [0.4, 0.5) is 0 Å². The summed E-state index contributed by atoms with van der Waals surface area (Å²) < 4.78 is 0. The average molecular weight is 165 g/mol. The number of hydrogen-bond donors (Lipinski definition) is 0. The number of nitrogens with zero attached hydrogens (tertiary/aromatic N) is 1. The fourth-order valence-corrected chi connectivity index (χ4v) is 2.35. The Labute approximate surface area is 70.8 Å². The van der Waals surface area contributed by atoms with E-state index in [1.807, 2.05) is 0 Å². The summed E-state index contributed by atoms with van der Waals surface area (Å²) in [6.45, 7) is 1.73. The quantitative estimate of drug-likeness (QED) is 0.558. The second-order valence-electron chi connectivity index (χ2n) is 3.67. The molecule has 3 heteroatoms. The van der Waals surface area contributed by atoms with E-state index in [4.69, 9.17) is 0 Å². The first-order valence-electron chi connectivity index (χ1n) is 4.32. The highest BCUT2D eigenvalue weighted by Crippen LogP contribution is 2.43. The summed E-state index contributed by atoms with van der Waals surface area (Å²) in [7, 11) is 0. The Hall–Kier alpha value is -0.990. The summed E-state index contributed by atoms with van der Waals surface area (Å²) in [5.41, 5.74) is 1.14. The molecule has 2 aliphatic rings. The van der Waals surface area contributed by atoms with Crippen LogP contribution >= 0.6 is 0 Å². The zero-order chi connectivity index (χ0) is 8.72. The van der Waals surface area contributed by atoms with Crippen molar-refractivity contribution in [2.75, 3.05) is 0 Å². The normalized spacial score (nSPS) is 34.2. The van der Waals surface area contributed by atoms with Crippen molar-refractivity contribution < 1.29 is 4.79 Å². The van der Waals surface area contributed by atoms with Crippen LogP contribution in [0.2, 0.25) is 0 Å². The highest BCUT2D eigenvalue weighted by molar-refractivity contribution is 5.98. The van der Waals surface area contributed by atoms with Gasteiger partial charge >= 0.3 is 0 Å². The van der Waals surface area contributed by atoms with Crippen molar-refractivity contribution in [2.24, 2.45) is 17.0 Å². The zero-order valence-corrected chi connectivity index (χ0v) is 7.04. The van der Waals surface area contributed by atoms with E-state index in [0.717, 1.165) is 19.3 Å². The maximum atomic E-state index is 11.5. The Morgan fingerprint density at radius 1 is 1.33 bits per heavy atom. The van der Waals surface area contributed by atoms with Gasteiger partial charge in [-0.3, -0.25) is 4.79 Å². The van der Waals surface area contributed by atoms with E-state index in [-0.39, 0.29) is 17.6 Å². The summed E-state index contributed by atoms with van der Waals surface area (Å²) in [5, 5.41) is 2.97. The van der Waals surface area contributed by atoms with E-state index >= 15 is 0 Å². The monoisotopic (exact) mass is 165 g/mol. The fourth-order valence-electron chi connectivity index (χ4n) is 2.35. The Bertz CT molecular complexity index is 280. The molecular formula is C9H11NO2. The van der Waals surface area contributed by atoms with Crippen LogP contribution in [0.15, 0.2) is 16.4 Å². The maximum absolute atomic E-state index is 11.5.